The van der Waals surface area contributed by atoms with Crippen molar-refractivity contribution in [3.05, 3.63) is 54.3 Å². The van der Waals surface area contributed by atoms with Crippen molar-refractivity contribution in [2.24, 2.45) is 5.92 Å². The van der Waals surface area contributed by atoms with Crippen molar-refractivity contribution in [3.8, 4) is 23.1 Å². The topological polar surface area (TPSA) is 69.0 Å². The van der Waals surface area contributed by atoms with Gasteiger partial charge in [0.2, 0.25) is 5.91 Å². The molecule has 28 heavy (non-hydrogen) atoms. The predicted octanol–water partition coefficient (Wildman–Crippen LogP) is 4.21. The number of carbonyl (C=O) groups is 1. The van der Waals surface area contributed by atoms with Gasteiger partial charge in [-0.1, -0.05) is 18.6 Å². The summed E-state index contributed by atoms with van der Waals surface area (Å²) >= 11 is 0. The minimum Gasteiger partial charge on any atom is -0.463 e. The Hall–Kier alpha value is -3.22. The highest BCUT2D eigenvalue weighted by atomic mass is 19.1. The van der Waals surface area contributed by atoms with Crippen LogP contribution in [0.4, 0.5) is 10.1 Å². The molecule has 6 nitrogen and oxygen atoms in total. The molecule has 0 atom stereocenters. The molecule has 1 aliphatic rings. The van der Waals surface area contributed by atoms with Crippen LogP contribution in [0.25, 0.3) is 17.1 Å². The summed E-state index contributed by atoms with van der Waals surface area (Å²) < 4.78 is 21.3. The average molecular weight is 380 g/mol. The monoisotopic (exact) mass is 380 g/mol. The molecule has 1 saturated carbocycles. The van der Waals surface area contributed by atoms with E-state index >= 15 is 0 Å². The number of nitrogens with one attached hydrogen (secondary N) is 1. The summed E-state index contributed by atoms with van der Waals surface area (Å²) in [4.78, 5) is 16.4. The zero-order valence-electron chi connectivity index (χ0n) is 15.6. The zero-order chi connectivity index (χ0) is 19.5. The molecule has 0 spiro atoms. The summed E-state index contributed by atoms with van der Waals surface area (Å²) in [5.74, 6) is 0.151. The number of rotatable bonds is 6. The first-order valence-corrected chi connectivity index (χ1v) is 9.41. The third-order valence-corrected chi connectivity index (χ3v) is 4.83. The van der Waals surface area contributed by atoms with Gasteiger partial charge in [-0.3, -0.25) is 4.79 Å². The first kappa shape index (κ1) is 18.2. The molecule has 1 fully saturated rings. The van der Waals surface area contributed by atoms with E-state index in [1.54, 1.807) is 35.0 Å². The van der Waals surface area contributed by atoms with Crippen LogP contribution in [-0.2, 0) is 4.79 Å². The molecule has 144 valence electrons. The number of amides is 1. The molecule has 0 unspecified atom stereocenters. The van der Waals surface area contributed by atoms with E-state index in [0.717, 1.165) is 24.9 Å². The molecule has 1 amide bonds. The van der Waals surface area contributed by atoms with Gasteiger partial charge in [0.15, 0.2) is 5.82 Å². The van der Waals surface area contributed by atoms with E-state index < -0.39 is 0 Å². The molecule has 0 bridgehead atoms. The fraction of sp³-hybridized carbons (Fsp3) is 0.286. The summed E-state index contributed by atoms with van der Waals surface area (Å²) in [5, 5.41) is 7.29. The number of anilines is 1. The lowest BCUT2D eigenvalue weighted by molar-refractivity contribution is -0.122. The molecule has 1 N–H and O–H groups in total. The van der Waals surface area contributed by atoms with Crippen LogP contribution in [0.15, 0.2) is 48.5 Å². The predicted molar refractivity (Wildman–Crippen MR) is 104 cm³/mol. The van der Waals surface area contributed by atoms with Gasteiger partial charge in [-0.2, -0.15) is 4.98 Å². The quantitative estimate of drug-likeness (QED) is 0.695. The molecule has 1 heterocycles. The third kappa shape index (κ3) is 3.60. The van der Waals surface area contributed by atoms with Crippen LogP contribution in [-0.4, -0.2) is 27.3 Å². The van der Waals surface area contributed by atoms with Gasteiger partial charge >= 0.3 is 6.01 Å². The van der Waals surface area contributed by atoms with Crippen molar-refractivity contribution in [3.63, 3.8) is 0 Å². The molecule has 1 aliphatic carbocycles. The Morgan fingerprint density at radius 2 is 1.96 bits per heavy atom. The maximum absolute atomic E-state index is 14.3. The minimum atomic E-state index is -0.386. The van der Waals surface area contributed by atoms with Crippen molar-refractivity contribution in [1.82, 2.24) is 14.8 Å². The number of hydrogen-bond acceptors (Lipinski definition) is 4. The molecule has 2 aromatic carbocycles. The normalized spacial score (nSPS) is 13.8. The van der Waals surface area contributed by atoms with Gasteiger partial charge in [-0.05, 0) is 56.2 Å². The van der Waals surface area contributed by atoms with Crippen molar-refractivity contribution in [1.29, 1.82) is 0 Å². The summed E-state index contributed by atoms with van der Waals surface area (Å²) in [6, 6.07) is 13.8. The van der Waals surface area contributed by atoms with Crippen LogP contribution in [0, 0.1) is 11.7 Å². The van der Waals surface area contributed by atoms with E-state index in [2.05, 4.69) is 15.4 Å². The first-order chi connectivity index (χ1) is 13.7. The van der Waals surface area contributed by atoms with Gasteiger partial charge in [-0.25, -0.2) is 9.07 Å². The van der Waals surface area contributed by atoms with Crippen LogP contribution in [0.5, 0.6) is 6.01 Å². The van der Waals surface area contributed by atoms with E-state index in [4.69, 9.17) is 4.74 Å². The Morgan fingerprint density at radius 1 is 1.21 bits per heavy atom. The van der Waals surface area contributed by atoms with Crippen molar-refractivity contribution < 1.29 is 13.9 Å². The van der Waals surface area contributed by atoms with Crippen molar-refractivity contribution >= 4 is 11.6 Å². The van der Waals surface area contributed by atoms with Crippen molar-refractivity contribution in [2.75, 3.05) is 11.9 Å². The number of ether oxygens (including phenoxy) is 1. The molecular formula is C21H21FN4O2. The highest BCUT2D eigenvalue weighted by Crippen LogP contribution is 2.29. The Labute approximate surface area is 162 Å². The number of hydrogen-bond donors (Lipinski definition) is 1. The maximum atomic E-state index is 14.3. The largest absolute Gasteiger partial charge is 0.463 e. The van der Waals surface area contributed by atoms with Gasteiger partial charge in [0, 0.05) is 11.6 Å². The SMILES string of the molecule is CCOc1nc(-c2ccccc2F)n(-c2ccc(NC(=O)C3CCC3)cc2)n1. The van der Waals surface area contributed by atoms with E-state index in [0.29, 0.717) is 23.7 Å². The lowest BCUT2D eigenvalue weighted by Gasteiger charge is -2.24. The molecule has 3 aromatic rings. The van der Waals surface area contributed by atoms with Gasteiger partial charge < -0.3 is 10.1 Å². The van der Waals surface area contributed by atoms with E-state index in [1.807, 2.05) is 19.1 Å². The second-order valence-electron chi connectivity index (χ2n) is 6.71. The molecular weight excluding hydrogens is 359 g/mol. The number of carbonyl (C=O) groups excluding carboxylic acids is 1. The lowest BCUT2D eigenvalue weighted by atomic mass is 9.85. The first-order valence-electron chi connectivity index (χ1n) is 9.41. The minimum absolute atomic E-state index is 0.0606. The highest BCUT2D eigenvalue weighted by molar-refractivity contribution is 5.93. The number of halogens is 1. The van der Waals surface area contributed by atoms with Crippen LogP contribution < -0.4 is 10.1 Å². The second-order valence-corrected chi connectivity index (χ2v) is 6.71. The van der Waals surface area contributed by atoms with E-state index in [9.17, 15) is 9.18 Å². The third-order valence-electron chi connectivity index (χ3n) is 4.83. The Kier molecular flexibility index (Phi) is 5.06. The molecule has 7 heteroatoms. The van der Waals surface area contributed by atoms with Gasteiger partial charge in [0.1, 0.15) is 5.82 Å². The number of aromatic nitrogens is 3. The summed E-state index contributed by atoms with van der Waals surface area (Å²) in [6.45, 7) is 2.25. The average Bonchev–Trinajstić information content (AvgIpc) is 3.05. The molecule has 0 aliphatic heterocycles. The molecule has 0 radical (unpaired) electrons. The summed E-state index contributed by atoms with van der Waals surface area (Å²) in [7, 11) is 0. The van der Waals surface area contributed by atoms with E-state index in [1.165, 1.54) is 6.07 Å². The Morgan fingerprint density at radius 3 is 2.61 bits per heavy atom. The fourth-order valence-corrected chi connectivity index (χ4v) is 3.08. The van der Waals surface area contributed by atoms with E-state index in [-0.39, 0.29) is 23.7 Å². The summed E-state index contributed by atoms with van der Waals surface area (Å²) in [6.07, 6.45) is 3.02. The molecule has 0 saturated heterocycles. The fourth-order valence-electron chi connectivity index (χ4n) is 3.08. The van der Waals surface area contributed by atoms with Crippen LogP contribution in [0.2, 0.25) is 0 Å². The zero-order valence-corrected chi connectivity index (χ0v) is 15.6. The maximum Gasteiger partial charge on any atom is 0.336 e. The lowest BCUT2D eigenvalue weighted by Crippen LogP contribution is -2.27. The number of nitrogens with zero attached hydrogens (tertiary/aromatic N) is 3. The summed E-state index contributed by atoms with van der Waals surface area (Å²) in [5.41, 5.74) is 1.75. The standard InChI is InChI=1S/C21H21FN4O2/c1-2-28-21-24-19(17-8-3-4-9-18(17)22)26(25-21)16-12-10-15(11-13-16)23-20(27)14-6-5-7-14/h3-4,8-14H,2,5-7H2,1H3,(H,23,27). The Bertz CT molecular complexity index is 980. The van der Waals surface area contributed by atoms with Crippen LogP contribution in [0.1, 0.15) is 26.2 Å². The smallest absolute Gasteiger partial charge is 0.336 e. The van der Waals surface area contributed by atoms with Gasteiger partial charge in [0.05, 0.1) is 17.9 Å². The van der Waals surface area contributed by atoms with Crippen molar-refractivity contribution in [2.45, 2.75) is 26.2 Å². The van der Waals surface area contributed by atoms with Gasteiger partial charge in [0.25, 0.3) is 0 Å². The van der Waals surface area contributed by atoms with Gasteiger partial charge in [-0.15, -0.1) is 5.10 Å². The number of benzene rings is 2. The Balaban J connectivity index is 1.64. The second kappa shape index (κ2) is 7.80. The molecule has 4 rings (SSSR count). The van der Waals surface area contributed by atoms with Crippen LogP contribution in [0.3, 0.4) is 0 Å². The van der Waals surface area contributed by atoms with Crippen LogP contribution >= 0.6 is 0 Å². The molecule has 1 aromatic heterocycles. The highest BCUT2D eigenvalue weighted by Gasteiger charge is 2.25.